The van der Waals surface area contributed by atoms with Gasteiger partial charge in [-0.1, -0.05) is 11.6 Å². The summed E-state index contributed by atoms with van der Waals surface area (Å²) in [5.41, 5.74) is 1.92. The van der Waals surface area contributed by atoms with Crippen molar-refractivity contribution in [3.63, 3.8) is 0 Å². The van der Waals surface area contributed by atoms with Gasteiger partial charge < -0.3 is 14.6 Å². The molecule has 5 heteroatoms. The lowest BCUT2D eigenvalue weighted by molar-refractivity contribution is -0.142. The smallest absolute Gasteiger partial charge is 0.306 e. The summed E-state index contributed by atoms with van der Waals surface area (Å²) < 4.78 is 10.5. The van der Waals surface area contributed by atoms with E-state index in [1.54, 1.807) is 7.11 Å². The van der Waals surface area contributed by atoms with Gasteiger partial charge in [0.25, 0.3) is 0 Å². The summed E-state index contributed by atoms with van der Waals surface area (Å²) >= 11 is 6.29. The average Bonchev–Trinajstić information content (AvgIpc) is 2.37. The number of ether oxygens (including phenoxy) is 2. The van der Waals surface area contributed by atoms with E-state index in [1.165, 1.54) is 7.11 Å². The third kappa shape index (κ3) is 2.12. The average molecular weight is 271 g/mol. The van der Waals surface area contributed by atoms with Crippen molar-refractivity contribution >= 4 is 17.6 Å². The molecule has 0 saturated carbocycles. The summed E-state index contributed by atoms with van der Waals surface area (Å²) in [5.74, 6) is -0.0304. The van der Waals surface area contributed by atoms with Crippen molar-refractivity contribution in [2.45, 2.75) is 19.3 Å². The third-order valence-electron chi connectivity index (χ3n) is 3.36. The van der Waals surface area contributed by atoms with E-state index in [-0.39, 0.29) is 5.92 Å². The molecule has 1 N–H and O–H groups in total. The molecule has 98 valence electrons. The first-order valence-corrected chi connectivity index (χ1v) is 6.11. The van der Waals surface area contributed by atoms with Crippen molar-refractivity contribution in [1.29, 1.82) is 0 Å². The van der Waals surface area contributed by atoms with Crippen molar-refractivity contribution in [2.75, 3.05) is 14.2 Å². The maximum absolute atomic E-state index is 11.0. The van der Waals surface area contributed by atoms with Crippen LogP contribution in [0.1, 0.15) is 17.5 Å². The molecule has 1 aliphatic carbocycles. The fraction of sp³-hybridized carbons (Fsp3) is 0.462. The minimum atomic E-state index is -0.758. The quantitative estimate of drug-likeness (QED) is 0.917. The van der Waals surface area contributed by atoms with Gasteiger partial charge in [0, 0.05) is 0 Å². The molecule has 0 spiro atoms. The van der Waals surface area contributed by atoms with E-state index in [0.717, 1.165) is 11.1 Å². The second-order valence-electron chi connectivity index (χ2n) is 4.34. The van der Waals surface area contributed by atoms with E-state index in [1.807, 2.05) is 6.07 Å². The van der Waals surface area contributed by atoms with Crippen molar-refractivity contribution in [3.8, 4) is 11.5 Å². The lowest BCUT2D eigenvalue weighted by atomic mass is 9.83. The normalized spacial score (nSPS) is 18.1. The minimum absolute atomic E-state index is 0.341. The van der Waals surface area contributed by atoms with E-state index in [0.29, 0.717) is 35.8 Å². The number of carbonyl (C=O) groups is 1. The summed E-state index contributed by atoms with van der Waals surface area (Å²) in [7, 11) is 3.08. The van der Waals surface area contributed by atoms with Crippen molar-refractivity contribution < 1.29 is 19.4 Å². The first-order chi connectivity index (χ1) is 8.58. The first kappa shape index (κ1) is 13.0. The Kier molecular flexibility index (Phi) is 3.66. The molecule has 1 aliphatic rings. The molecule has 0 fully saturated rings. The maximum atomic E-state index is 11.0. The van der Waals surface area contributed by atoms with Crippen LogP contribution in [0.5, 0.6) is 11.5 Å². The molecule has 1 atom stereocenters. The number of aliphatic carboxylic acids is 1. The molecule has 1 aromatic rings. The SMILES string of the molecule is COc1cc2c(c(Cl)c1OC)CCC(C(=O)O)C2. The highest BCUT2D eigenvalue weighted by Crippen LogP contribution is 2.42. The van der Waals surface area contributed by atoms with E-state index < -0.39 is 5.97 Å². The second kappa shape index (κ2) is 5.06. The van der Waals surface area contributed by atoms with Gasteiger partial charge in [-0.25, -0.2) is 0 Å². The Balaban J connectivity index is 2.46. The second-order valence-corrected chi connectivity index (χ2v) is 4.72. The summed E-state index contributed by atoms with van der Waals surface area (Å²) in [5, 5.41) is 9.61. The highest BCUT2D eigenvalue weighted by molar-refractivity contribution is 6.33. The van der Waals surface area contributed by atoms with Gasteiger partial charge in [0.15, 0.2) is 11.5 Å². The number of methoxy groups -OCH3 is 2. The van der Waals surface area contributed by atoms with Gasteiger partial charge in [0.05, 0.1) is 25.2 Å². The Bertz CT molecular complexity index is 484. The van der Waals surface area contributed by atoms with Gasteiger partial charge >= 0.3 is 5.97 Å². The molecule has 4 nitrogen and oxygen atoms in total. The van der Waals surface area contributed by atoms with Crippen molar-refractivity contribution in [1.82, 2.24) is 0 Å². The topological polar surface area (TPSA) is 55.8 Å². The predicted molar refractivity (Wildman–Crippen MR) is 67.7 cm³/mol. The number of carboxylic acids is 1. The van der Waals surface area contributed by atoms with Crippen molar-refractivity contribution in [2.24, 2.45) is 5.92 Å². The first-order valence-electron chi connectivity index (χ1n) is 5.73. The molecule has 1 aromatic carbocycles. The van der Waals surface area contributed by atoms with Crippen LogP contribution in [-0.2, 0) is 17.6 Å². The zero-order chi connectivity index (χ0) is 13.3. The Morgan fingerprint density at radius 1 is 1.44 bits per heavy atom. The zero-order valence-electron chi connectivity index (χ0n) is 10.3. The highest BCUT2D eigenvalue weighted by Gasteiger charge is 2.28. The molecule has 0 saturated heterocycles. The van der Waals surface area contributed by atoms with Gasteiger partial charge in [-0.2, -0.15) is 0 Å². The summed E-state index contributed by atoms with van der Waals surface area (Å²) in [4.78, 5) is 11.0. The molecule has 0 amide bonds. The molecule has 0 bridgehead atoms. The fourth-order valence-electron chi connectivity index (χ4n) is 2.39. The summed E-state index contributed by atoms with van der Waals surface area (Å²) in [6.45, 7) is 0. The highest BCUT2D eigenvalue weighted by atomic mass is 35.5. The van der Waals surface area contributed by atoms with Crippen LogP contribution in [0.4, 0.5) is 0 Å². The molecule has 0 radical (unpaired) electrons. The lowest BCUT2D eigenvalue weighted by Crippen LogP contribution is -2.22. The summed E-state index contributed by atoms with van der Waals surface area (Å²) in [6.07, 6.45) is 1.76. The van der Waals surface area contributed by atoms with Crippen LogP contribution in [0.2, 0.25) is 5.02 Å². The Labute approximate surface area is 110 Å². The van der Waals surface area contributed by atoms with E-state index in [9.17, 15) is 4.79 Å². The van der Waals surface area contributed by atoms with Gasteiger partial charge in [-0.3, -0.25) is 4.79 Å². The molecule has 0 aliphatic heterocycles. The van der Waals surface area contributed by atoms with Crippen LogP contribution >= 0.6 is 11.6 Å². The van der Waals surface area contributed by atoms with Crippen LogP contribution in [-0.4, -0.2) is 25.3 Å². The van der Waals surface area contributed by atoms with Crippen LogP contribution in [0, 0.1) is 5.92 Å². The van der Waals surface area contributed by atoms with E-state index in [4.69, 9.17) is 26.2 Å². The van der Waals surface area contributed by atoms with Crippen LogP contribution < -0.4 is 9.47 Å². The number of hydrogen-bond donors (Lipinski definition) is 1. The zero-order valence-corrected chi connectivity index (χ0v) is 11.1. The van der Waals surface area contributed by atoms with Gasteiger partial charge in [-0.15, -0.1) is 0 Å². The third-order valence-corrected chi connectivity index (χ3v) is 3.76. The summed E-state index contributed by atoms with van der Waals surface area (Å²) in [6, 6.07) is 1.83. The van der Waals surface area contributed by atoms with E-state index >= 15 is 0 Å². The number of fused-ring (bicyclic) bond motifs is 1. The molecular formula is C13H15ClO4. The Morgan fingerprint density at radius 3 is 2.72 bits per heavy atom. The molecule has 0 aromatic heterocycles. The number of benzene rings is 1. The molecule has 18 heavy (non-hydrogen) atoms. The van der Waals surface area contributed by atoms with Gasteiger partial charge in [0.1, 0.15) is 0 Å². The Hall–Kier alpha value is -1.42. The lowest BCUT2D eigenvalue weighted by Gasteiger charge is -2.24. The Morgan fingerprint density at radius 2 is 2.17 bits per heavy atom. The number of rotatable bonds is 3. The minimum Gasteiger partial charge on any atom is -0.493 e. The molecule has 1 unspecified atom stereocenters. The van der Waals surface area contributed by atoms with Crippen LogP contribution in [0.25, 0.3) is 0 Å². The predicted octanol–water partition coefficient (Wildman–Crippen LogP) is 2.55. The maximum Gasteiger partial charge on any atom is 0.306 e. The van der Waals surface area contributed by atoms with E-state index in [2.05, 4.69) is 0 Å². The van der Waals surface area contributed by atoms with Gasteiger partial charge in [-0.05, 0) is 36.5 Å². The van der Waals surface area contributed by atoms with Gasteiger partial charge in [0.2, 0.25) is 0 Å². The van der Waals surface area contributed by atoms with Crippen molar-refractivity contribution in [3.05, 3.63) is 22.2 Å². The number of hydrogen-bond acceptors (Lipinski definition) is 3. The molecule has 2 rings (SSSR count). The molecule has 0 heterocycles. The number of halogens is 1. The van der Waals surface area contributed by atoms with Crippen LogP contribution in [0.3, 0.4) is 0 Å². The largest absolute Gasteiger partial charge is 0.493 e. The fourth-order valence-corrected chi connectivity index (χ4v) is 2.77. The monoisotopic (exact) mass is 270 g/mol. The standard InChI is InChI=1S/C13H15ClO4/c1-17-10-6-8-5-7(13(15)16)3-4-9(8)11(14)12(10)18-2/h6-7H,3-5H2,1-2H3,(H,15,16). The van der Waals surface area contributed by atoms with Crippen LogP contribution in [0.15, 0.2) is 6.07 Å². The number of carboxylic acid groups (broad SMARTS) is 1. The molecular weight excluding hydrogens is 256 g/mol.